The molecule has 1 fully saturated rings. The number of benzene rings is 1. The van der Waals surface area contributed by atoms with E-state index in [0.29, 0.717) is 23.6 Å². The Hall–Kier alpha value is -1.06. The molecular formula is C14H18ClNO2. The van der Waals surface area contributed by atoms with Crippen LogP contribution < -0.4 is 5.32 Å². The summed E-state index contributed by atoms with van der Waals surface area (Å²) in [6.45, 7) is 1.89. The number of carbonyl (C=O) groups excluding carboxylic acids is 1. The molecular weight excluding hydrogens is 250 g/mol. The van der Waals surface area contributed by atoms with Crippen LogP contribution in [0.4, 0.5) is 5.69 Å². The second kappa shape index (κ2) is 5.29. The van der Waals surface area contributed by atoms with Gasteiger partial charge in [0.2, 0.25) is 5.91 Å². The van der Waals surface area contributed by atoms with Gasteiger partial charge in [-0.25, -0.2) is 0 Å². The normalized spacial score (nSPS) is 17.7. The fraction of sp³-hybridized carbons (Fsp3) is 0.500. The summed E-state index contributed by atoms with van der Waals surface area (Å²) in [5, 5.41) is 13.5. The maximum absolute atomic E-state index is 11.9. The third-order valence-electron chi connectivity index (χ3n) is 3.49. The lowest BCUT2D eigenvalue weighted by atomic mass is 9.97. The van der Waals surface area contributed by atoms with Crippen LogP contribution in [0.25, 0.3) is 0 Å². The predicted octanol–water partition coefficient (Wildman–Crippen LogP) is 3.28. The van der Waals surface area contributed by atoms with Crippen LogP contribution in [-0.2, 0) is 4.79 Å². The van der Waals surface area contributed by atoms with Crippen molar-refractivity contribution >= 4 is 23.2 Å². The molecule has 0 aromatic heterocycles. The Labute approximate surface area is 112 Å². The summed E-state index contributed by atoms with van der Waals surface area (Å²) >= 11 is 6.11. The van der Waals surface area contributed by atoms with E-state index >= 15 is 0 Å². The lowest BCUT2D eigenvalue weighted by Gasteiger charge is -2.21. The Balaban J connectivity index is 2.01. The Morgan fingerprint density at radius 1 is 1.44 bits per heavy atom. The van der Waals surface area contributed by atoms with Gasteiger partial charge in [0.05, 0.1) is 22.7 Å². The van der Waals surface area contributed by atoms with Crippen LogP contribution in [0.3, 0.4) is 0 Å². The number of aliphatic hydroxyl groups is 1. The van der Waals surface area contributed by atoms with Crippen LogP contribution in [0, 0.1) is 6.92 Å². The summed E-state index contributed by atoms with van der Waals surface area (Å²) in [4.78, 5) is 11.9. The van der Waals surface area contributed by atoms with Crippen LogP contribution >= 0.6 is 11.6 Å². The Morgan fingerprint density at radius 3 is 2.78 bits per heavy atom. The molecule has 2 N–H and O–H groups in total. The third-order valence-corrected chi connectivity index (χ3v) is 3.99. The third kappa shape index (κ3) is 3.03. The zero-order valence-electron chi connectivity index (χ0n) is 10.5. The monoisotopic (exact) mass is 267 g/mol. The molecule has 1 aliphatic carbocycles. The fourth-order valence-electron chi connectivity index (χ4n) is 2.45. The first-order valence-corrected chi connectivity index (χ1v) is 6.65. The number of hydrogen-bond donors (Lipinski definition) is 2. The highest BCUT2D eigenvalue weighted by Crippen LogP contribution is 2.33. The fourth-order valence-corrected chi connectivity index (χ4v) is 2.62. The van der Waals surface area contributed by atoms with E-state index in [1.807, 2.05) is 19.1 Å². The molecule has 0 spiro atoms. The standard InChI is InChI=1S/C14H18ClNO2/c1-10-5-4-6-11(13(10)15)16-12(17)9-14(18)7-2-3-8-14/h4-6,18H,2-3,7-9H2,1H3,(H,16,17). The van der Waals surface area contributed by atoms with Crippen molar-refractivity contribution in [1.82, 2.24) is 0 Å². The first-order valence-electron chi connectivity index (χ1n) is 6.27. The molecule has 18 heavy (non-hydrogen) atoms. The minimum absolute atomic E-state index is 0.150. The van der Waals surface area contributed by atoms with Crippen molar-refractivity contribution < 1.29 is 9.90 Å². The van der Waals surface area contributed by atoms with Gasteiger partial charge in [0.15, 0.2) is 0 Å². The Morgan fingerprint density at radius 2 is 2.11 bits per heavy atom. The number of halogens is 1. The van der Waals surface area contributed by atoms with E-state index in [-0.39, 0.29) is 12.3 Å². The van der Waals surface area contributed by atoms with Crippen molar-refractivity contribution in [1.29, 1.82) is 0 Å². The number of hydrogen-bond acceptors (Lipinski definition) is 2. The molecule has 0 unspecified atom stereocenters. The molecule has 1 saturated carbocycles. The molecule has 0 heterocycles. The lowest BCUT2D eigenvalue weighted by molar-refractivity contribution is -0.120. The van der Waals surface area contributed by atoms with Gasteiger partial charge in [-0.2, -0.15) is 0 Å². The number of rotatable bonds is 3. The topological polar surface area (TPSA) is 49.3 Å². The summed E-state index contributed by atoms with van der Waals surface area (Å²) in [6, 6.07) is 5.51. The quantitative estimate of drug-likeness (QED) is 0.883. The van der Waals surface area contributed by atoms with Gasteiger partial charge in [-0.1, -0.05) is 36.6 Å². The second-order valence-corrected chi connectivity index (χ2v) is 5.47. The van der Waals surface area contributed by atoms with E-state index < -0.39 is 5.60 Å². The molecule has 3 nitrogen and oxygen atoms in total. The smallest absolute Gasteiger partial charge is 0.227 e. The minimum Gasteiger partial charge on any atom is -0.389 e. The highest BCUT2D eigenvalue weighted by atomic mass is 35.5. The summed E-state index contributed by atoms with van der Waals surface area (Å²) < 4.78 is 0. The largest absolute Gasteiger partial charge is 0.389 e. The van der Waals surface area contributed by atoms with Gasteiger partial charge in [-0.05, 0) is 31.4 Å². The van der Waals surface area contributed by atoms with Crippen LogP contribution in [0.2, 0.25) is 5.02 Å². The van der Waals surface area contributed by atoms with E-state index in [1.165, 1.54) is 0 Å². The molecule has 1 aliphatic rings. The zero-order chi connectivity index (χ0) is 13.2. The van der Waals surface area contributed by atoms with Gasteiger partial charge in [0, 0.05) is 0 Å². The number of anilines is 1. The SMILES string of the molecule is Cc1cccc(NC(=O)CC2(O)CCCC2)c1Cl. The van der Waals surface area contributed by atoms with Gasteiger partial charge in [0.25, 0.3) is 0 Å². The molecule has 98 valence electrons. The Bertz CT molecular complexity index is 453. The van der Waals surface area contributed by atoms with Crippen LogP contribution in [0.1, 0.15) is 37.7 Å². The van der Waals surface area contributed by atoms with Gasteiger partial charge >= 0.3 is 0 Å². The maximum Gasteiger partial charge on any atom is 0.227 e. The van der Waals surface area contributed by atoms with Crippen molar-refractivity contribution in [3.63, 3.8) is 0 Å². The highest BCUT2D eigenvalue weighted by molar-refractivity contribution is 6.34. The van der Waals surface area contributed by atoms with Gasteiger partial charge in [0.1, 0.15) is 0 Å². The van der Waals surface area contributed by atoms with Crippen LogP contribution in [0.5, 0.6) is 0 Å². The van der Waals surface area contributed by atoms with E-state index in [4.69, 9.17) is 11.6 Å². The van der Waals surface area contributed by atoms with Crippen molar-refractivity contribution in [3.8, 4) is 0 Å². The van der Waals surface area contributed by atoms with Gasteiger partial charge in [-0.3, -0.25) is 4.79 Å². The predicted molar refractivity (Wildman–Crippen MR) is 72.9 cm³/mol. The van der Waals surface area contributed by atoms with Crippen molar-refractivity contribution in [3.05, 3.63) is 28.8 Å². The summed E-state index contributed by atoms with van der Waals surface area (Å²) in [6.07, 6.45) is 3.56. The van der Waals surface area contributed by atoms with E-state index in [9.17, 15) is 9.90 Å². The maximum atomic E-state index is 11.9. The molecule has 0 radical (unpaired) electrons. The number of carbonyl (C=O) groups is 1. The molecule has 1 amide bonds. The molecule has 0 atom stereocenters. The molecule has 1 aromatic rings. The van der Waals surface area contributed by atoms with E-state index in [2.05, 4.69) is 5.32 Å². The van der Waals surface area contributed by atoms with Crippen molar-refractivity contribution in [2.45, 2.75) is 44.6 Å². The minimum atomic E-state index is -0.819. The first kappa shape index (κ1) is 13.4. The van der Waals surface area contributed by atoms with E-state index in [0.717, 1.165) is 18.4 Å². The number of amides is 1. The number of aryl methyl sites for hydroxylation is 1. The highest BCUT2D eigenvalue weighted by Gasteiger charge is 2.33. The molecule has 0 saturated heterocycles. The summed E-state index contributed by atoms with van der Waals surface area (Å²) in [7, 11) is 0. The zero-order valence-corrected chi connectivity index (χ0v) is 11.3. The average molecular weight is 268 g/mol. The van der Waals surface area contributed by atoms with Crippen LogP contribution in [-0.4, -0.2) is 16.6 Å². The molecule has 1 aromatic carbocycles. The van der Waals surface area contributed by atoms with Gasteiger partial charge < -0.3 is 10.4 Å². The molecule has 0 aliphatic heterocycles. The van der Waals surface area contributed by atoms with E-state index in [1.54, 1.807) is 6.07 Å². The van der Waals surface area contributed by atoms with Gasteiger partial charge in [-0.15, -0.1) is 0 Å². The van der Waals surface area contributed by atoms with Crippen LogP contribution in [0.15, 0.2) is 18.2 Å². The second-order valence-electron chi connectivity index (χ2n) is 5.09. The molecule has 0 bridgehead atoms. The first-order chi connectivity index (χ1) is 8.50. The molecule has 4 heteroatoms. The lowest BCUT2D eigenvalue weighted by Crippen LogP contribution is -2.30. The summed E-state index contributed by atoms with van der Waals surface area (Å²) in [5.74, 6) is -0.174. The Kier molecular flexibility index (Phi) is 3.93. The molecule has 2 rings (SSSR count). The average Bonchev–Trinajstić information content (AvgIpc) is 2.71. The van der Waals surface area contributed by atoms with Crippen molar-refractivity contribution in [2.75, 3.05) is 5.32 Å². The summed E-state index contributed by atoms with van der Waals surface area (Å²) in [5.41, 5.74) is 0.720. The number of nitrogens with one attached hydrogen (secondary N) is 1. The van der Waals surface area contributed by atoms with Crippen molar-refractivity contribution in [2.24, 2.45) is 0 Å².